The Morgan fingerprint density at radius 3 is 2.37 bits per heavy atom. The molecule has 1 aromatic rings. The molecule has 4 nitrogen and oxygen atoms in total. The normalized spacial score (nSPS) is 23.5. The molecular formula is C15H23N3O. The van der Waals surface area contributed by atoms with Crippen LogP contribution in [0.25, 0.3) is 0 Å². The van der Waals surface area contributed by atoms with Gasteiger partial charge in [0.25, 0.3) is 0 Å². The van der Waals surface area contributed by atoms with E-state index in [-0.39, 0.29) is 5.91 Å². The van der Waals surface area contributed by atoms with E-state index < -0.39 is 0 Å². The number of anilines is 1. The molecule has 1 heterocycles. The fourth-order valence-corrected chi connectivity index (χ4v) is 2.51. The summed E-state index contributed by atoms with van der Waals surface area (Å²) < 4.78 is 0. The zero-order valence-electron chi connectivity index (χ0n) is 11.7. The Bertz CT molecular complexity index is 420. The molecule has 1 aliphatic rings. The van der Waals surface area contributed by atoms with E-state index in [1.54, 1.807) is 0 Å². The first-order valence-corrected chi connectivity index (χ1v) is 6.89. The number of benzene rings is 1. The third kappa shape index (κ3) is 3.78. The highest BCUT2D eigenvalue weighted by Gasteiger charge is 2.26. The van der Waals surface area contributed by atoms with Gasteiger partial charge in [-0.05, 0) is 29.5 Å². The maximum Gasteiger partial charge on any atom is 0.238 e. The van der Waals surface area contributed by atoms with Crippen LogP contribution >= 0.6 is 0 Å². The molecule has 1 amide bonds. The maximum atomic E-state index is 12.0. The number of rotatable bonds is 4. The van der Waals surface area contributed by atoms with Gasteiger partial charge in [0.2, 0.25) is 5.91 Å². The zero-order chi connectivity index (χ0) is 13.8. The van der Waals surface area contributed by atoms with Crippen molar-refractivity contribution >= 4 is 11.6 Å². The SMILES string of the molecule is CC1CN(CC(=O)Nc2ccc(CN)cc2)CC1C. The fourth-order valence-electron chi connectivity index (χ4n) is 2.51. The lowest BCUT2D eigenvalue weighted by Crippen LogP contribution is -2.31. The van der Waals surface area contributed by atoms with E-state index in [9.17, 15) is 4.79 Å². The summed E-state index contributed by atoms with van der Waals surface area (Å²) in [7, 11) is 0. The summed E-state index contributed by atoms with van der Waals surface area (Å²) in [4.78, 5) is 14.2. The van der Waals surface area contributed by atoms with Crippen molar-refractivity contribution in [3.63, 3.8) is 0 Å². The quantitative estimate of drug-likeness (QED) is 0.867. The third-order valence-electron chi connectivity index (χ3n) is 3.90. The number of carbonyl (C=O) groups excluding carboxylic acids is 1. The van der Waals surface area contributed by atoms with E-state index in [4.69, 9.17) is 5.73 Å². The van der Waals surface area contributed by atoms with Crippen LogP contribution in [0.15, 0.2) is 24.3 Å². The van der Waals surface area contributed by atoms with Crippen molar-refractivity contribution in [2.45, 2.75) is 20.4 Å². The molecule has 2 atom stereocenters. The van der Waals surface area contributed by atoms with E-state index in [1.165, 1.54) is 0 Å². The lowest BCUT2D eigenvalue weighted by molar-refractivity contribution is -0.117. The predicted octanol–water partition coefficient (Wildman–Crippen LogP) is 1.67. The number of amides is 1. The van der Waals surface area contributed by atoms with Gasteiger partial charge in [0.15, 0.2) is 0 Å². The van der Waals surface area contributed by atoms with Crippen LogP contribution in [-0.2, 0) is 11.3 Å². The molecule has 3 N–H and O–H groups in total. The van der Waals surface area contributed by atoms with Crippen molar-refractivity contribution in [2.75, 3.05) is 25.0 Å². The largest absolute Gasteiger partial charge is 0.326 e. The fraction of sp³-hybridized carbons (Fsp3) is 0.533. The average Bonchev–Trinajstić information content (AvgIpc) is 2.69. The predicted molar refractivity (Wildman–Crippen MR) is 77.7 cm³/mol. The lowest BCUT2D eigenvalue weighted by Gasteiger charge is -2.15. The van der Waals surface area contributed by atoms with E-state index in [0.717, 1.165) is 24.3 Å². The topological polar surface area (TPSA) is 58.4 Å². The van der Waals surface area contributed by atoms with Crippen LogP contribution in [0.4, 0.5) is 5.69 Å². The molecule has 104 valence electrons. The minimum absolute atomic E-state index is 0.0572. The van der Waals surface area contributed by atoms with Gasteiger partial charge in [0.05, 0.1) is 6.54 Å². The number of hydrogen-bond donors (Lipinski definition) is 2. The third-order valence-corrected chi connectivity index (χ3v) is 3.90. The van der Waals surface area contributed by atoms with Crippen molar-refractivity contribution in [3.8, 4) is 0 Å². The number of carbonyl (C=O) groups is 1. The lowest BCUT2D eigenvalue weighted by atomic mass is 10.0. The van der Waals surface area contributed by atoms with E-state index in [1.807, 2.05) is 24.3 Å². The number of nitrogens with two attached hydrogens (primary N) is 1. The Balaban J connectivity index is 1.84. The van der Waals surface area contributed by atoms with Gasteiger partial charge in [-0.3, -0.25) is 9.69 Å². The van der Waals surface area contributed by atoms with Gasteiger partial charge >= 0.3 is 0 Å². The summed E-state index contributed by atoms with van der Waals surface area (Å²) in [6.07, 6.45) is 0. The molecule has 0 radical (unpaired) electrons. The highest BCUT2D eigenvalue weighted by molar-refractivity contribution is 5.92. The number of hydrogen-bond acceptors (Lipinski definition) is 3. The molecule has 0 bridgehead atoms. The molecule has 0 aliphatic carbocycles. The van der Waals surface area contributed by atoms with E-state index in [0.29, 0.717) is 24.9 Å². The molecule has 1 aliphatic heterocycles. The monoisotopic (exact) mass is 261 g/mol. The first kappa shape index (κ1) is 14.0. The van der Waals surface area contributed by atoms with Crippen molar-refractivity contribution in [1.29, 1.82) is 0 Å². The van der Waals surface area contributed by atoms with Gasteiger partial charge in [-0.2, -0.15) is 0 Å². The second-order valence-electron chi connectivity index (χ2n) is 5.60. The van der Waals surface area contributed by atoms with Crippen molar-refractivity contribution < 1.29 is 4.79 Å². The summed E-state index contributed by atoms with van der Waals surface area (Å²) in [5.41, 5.74) is 7.45. The minimum atomic E-state index is 0.0572. The van der Waals surface area contributed by atoms with E-state index >= 15 is 0 Å². The van der Waals surface area contributed by atoms with Crippen LogP contribution in [0.2, 0.25) is 0 Å². The minimum Gasteiger partial charge on any atom is -0.326 e. The molecule has 1 aromatic carbocycles. The van der Waals surface area contributed by atoms with Gasteiger partial charge in [0, 0.05) is 25.3 Å². The van der Waals surface area contributed by atoms with Gasteiger partial charge in [0.1, 0.15) is 0 Å². The van der Waals surface area contributed by atoms with Crippen molar-refractivity contribution in [3.05, 3.63) is 29.8 Å². The highest BCUT2D eigenvalue weighted by atomic mass is 16.2. The van der Waals surface area contributed by atoms with Crippen LogP contribution in [0, 0.1) is 11.8 Å². The molecule has 0 spiro atoms. The zero-order valence-corrected chi connectivity index (χ0v) is 11.7. The molecule has 0 aromatic heterocycles. The van der Waals surface area contributed by atoms with Crippen LogP contribution in [0.3, 0.4) is 0 Å². The second-order valence-corrected chi connectivity index (χ2v) is 5.60. The van der Waals surface area contributed by atoms with Gasteiger partial charge in [-0.1, -0.05) is 26.0 Å². The van der Waals surface area contributed by atoms with Crippen LogP contribution in [0.5, 0.6) is 0 Å². The number of nitrogens with zero attached hydrogens (tertiary/aromatic N) is 1. The highest BCUT2D eigenvalue weighted by Crippen LogP contribution is 2.21. The van der Waals surface area contributed by atoms with Crippen LogP contribution in [-0.4, -0.2) is 30.4 Å². The summed E-state index contributed by atoms with van der Waals surface area (Å²) in [6, 6.07) is 7.68. The van der Waals surface area contributed by atoms with E-state index in [2.05, 4.69) is 24.1 Å². The molecule has 2 unspecified atom stereocenters. The Morgan fingerprint density at radius 1 is 1.26 bits per heavy atom. The summed E-state index contributed by atoms with van der Waals surface area (Å²) >= 11 is 0. The first-order valence-electron chi connectivity index (χ1n) is 6.89. The molecule has 1 fully saturated rings. The number of likely N-dealkylation sites (tertiary alicyclic amines) is 1. The van der Waals surface area contributed by atoms with Crippen LogP contribution in [0.1, 0.15) is 19.4 Å². The molecule has 0 saturated carbocycles. The Kier molecular flexibility index (Phi) is 4.56. The standard InChI is InChI=1S/C15H23N3O/c1-11-8-18(9-12(11)2)10-15(19)17-14-5-3-13(7-16)4-6-14/h3-6,11-12H,7-10,16H2,1-2H3,(H,17,19). The van der Waals surface area contributed by atoms with Crippen molar-refractivity contribution in [1.82, 2.24) is 4.90 Å². The first-order chi connectivity index (χ1) is 9.08. The van der Waals surface area contributed by atoms with Gasteiger partial charge in [-0.15, -0.1) is 0 Å². The summed E-state index contributed by atoms with van der Waals surface area (Å²) in [5, 5.41) is 2.93. The van der Waals surface area contributed by atoms with Gasteiger partial charge < -0.3 is 11.1 Å². The summed E-state index contributed by atoms with van der Waals surface area (Å²) in [5.74, 6) is 1.41. The Hall–Kier alpha value is -1.39. The smallest absolute Gasteiger partial charge is 0.238 e. The summed E-state index contributed by atoms with van der Waals surface area (Å²) in [6.45, 7) is 7.52. The van der Waals surface area contributed by atoms with Gasteiger partial charge in [-0.25, -0.2) is 0 Å². The Labute approximate surface area is 115 Å². The maximum absolute atomic E-state index is 12.0. The molecule has 19 heavy (non-hydrogen) atoms. The van der Waals surface area contributed by atoms with Crippen LogP contribution < -0.4 is 11.1 Å². The molecular weight excluding hydrogens is 238 g/mol. The average molecular weight is 261 g/mol. The second kappa shape index (κ2) is 6.17. The molecule has 1 saturated heterocycles. The molecule has 4 heteroatoms. The molecule has 2 rings (SSSR count). The van der Waals surface area contributed by atoms with Crippen molar-refractivity contribution in [2.24, 2.45) is 17.6 Å². The number of nitrogens with one attached hydrogen (secondary N) is 1. The Morgan fingerprint density at radius 2 is 1.84 bits per heavy atom.